The minimum atomic E-state index is -1.16. The lowest BCUT2D eigenvalue weighted by Crippen LogP contribution is -1.98. The Bertz CT molecular complexity index is 471. The normalized spacial score (nSPS) is 10.4. The Labute approximate surface area is 78.2 Å². The highest BCUT2D eigenvalue weighted by molar-refractivity contribution is 5.91. The molecule has 0 bridgehead atoms. The predicted molar refractivity (Wildman–Crippen MR) is 43.7 cm³/mol. The molecule has 0 aliphatic carbocycles. The molecule has 0 saturated heterocycles. The van der Waals surface area contributed by atoms with E-state index in [0.29, 0.717) is 11.5 Å². The molecule has 0 atom stereocenters. The lowest BCUT2D eigenvalue weighted by atomic mass is 10.2. The molecule has 0 unspecified atom stereocenters. The van der Waals surface area contributed by atoms with Gasteiger partial charge < -0.3 is 13.9 Å². The van der Waals surface area contributed by atoms with Crippen molar-refractivity contribution >= 4 is 5.97 Å². The van der Waals surface area contributed by atoms with Crippen molar-refractivity contribution in [2.24, 2.45) is 0 Å². The van der Waals surface area contributed by atoms with Gasteiger partial charge in [0.05, 0.1) is 5.69 Å². The highest BCUT2D eigenvalue weighted by Gasteiger charge is 2.21. The Morgan fingerprint density at radius 1 is 1.29 bits per heavy atom. The summed E-state index contributed by atoms with van der Waals surface area (Å²) in [5, 5.41) is 8.76. The maximum absolute atomic E-state index is 10.7. The molecule has 1 N–H and O–H groups in total. The van der Waals surface area contributed by atoms with Crippen LogP contribution in [0.2, 0.25) is 0 Å². The molecule has 0 radical (unpaired) electrons. The predicted octanol–water partition coefficient (Wildman–Crippen LogP) is 1.34. The smallest absolute Gasteiger partial charge is 0.358 e. The van der Waals surface area contributed by atoms with Crippen LogP contribution >= 0.6 is 0 Å². The van der Waals surface area contributed by atoms with E-state index in [2.05, 4.69) is 9.97 Å². The van der Waals surface area contributed by atoms with Crippen LogP contribution in [0.4, 0.5) is 0 Å². The monoisotopic (exact) mass is 194 g/mol. The summed E-state index contributed by atoms with van der Waals surface area (Å²) in [5.41, 5.74) is 0.383. The van der Waals surface area contributed by atoms with E-state index in [0.717, 1.165) is 6.39 Å². The van der Waals surface area contributed by atoms with Crippen LogP contribution in [0.15, 0.2) is 21.6 Å². The third-order valence-corrected chi connectivity index (χ3v) is 1.72. The van der Waals surface area contributed by atoms with Crippen molar-refractivity contribution in [1.29, 1.82) is 0 Å². The fourth-order valence-electron chi connectivity index (χ4n) is 1.08. The minimum Gasteiger partial charge on any atom is -0.476 e. The number of rotatable bonds is 2. The number of aromatic carboxylic acids is 1. The number of aromatic nitrogens is 2. The summed E-state index contributed by atoms with van der Waals surface area (Å²) in [7, 11) is 0. The van der Waals surface area contributed by atoms with Crippen LogP contribution in [-0.4, -0.2) is 21.0 Å². The molecule has 0 aromatic carbocycles. The van der Waals surface area contributed by atoms with Crippen LogP contribution in [0.25, 0.3) is 11.5 Å². The van der Waals surface area contributed by atoms with Gasteiger partial charge in [0, 0.05) is 0 Å². The summed E-state index contributed by atoms with van der Waals surface area (Å²) < 4.78 is 9.92. The first-order chi connectivity index (χ1) is 6.70. The molecule has 6 heteroatoms. The third kappa shape index (κ3) is 1.17. The molecular weight excluding hydrogens is 188 g/mol. The zero-order chi connectivity index (χ0) is 10.1. The maximum Gasteiger partial charge on any atom is 0.358 e. The van der Waals surface area contributed by atoms with E-state index in [1.807, 2.05) is 0 Å². The van der Waals surface area contributed by atoms with Gasteiger partial charge in [-0.3, -0.25) is 0 Å². The van der Waals surface area contributed by atoms with E-state index in [9.17, 15) is 4.79 Å². The van der Waals surface area contributed by atoms with Crippen LogP contribution < -0.4 is 0 Å². The average Bonchev–Trinajstić information content (AvgIpc) is 2.70. The largest absolute Gasteiger partial charge is 0.476 e. The number of aryl methyl sites for hydroxylation is 1. The van der Waals surface area contributed by atoms with Gasteiger partial charge in [0.2, 0.25) is 5.76 Å². The quantitative estimate of drug-likeness (QED) is 0.775. The molecular formula is C8H6N2O4. The van der Waals surface area contributed by atoms with Crippen LogP contribution in [0.3, 0.4) is 0 Å². The van der Waals surface area contributed by atoms with Gasteiger partial charge in [0.15, 0.2) is 24.2 Å². The summed E-state index contributed by atoms with van der Waals surface area (Å²) in [4.78, 5) is 18.1. The standard InChI is InChI=1S/C8H6N2O4/c1-4-6(13-2-9-4)7-5(8(11)12)10-3-14-7/h2-3H,1H3,(H,11,12). The minimum absolute atomic E-state index is 0.0903. The summed E-state index contributed by atoms with van der Waals surface area (Å²) >= 11 is 0. The lowest BCUT2D eigenvalue weighted by molar-refractivity contribution is 0.0691. The number of carboxylic acids is 1. The van der Waals surface area contributed by atoms with Crippen LogP contribution in [0, 0.1) is 6.92 Å². The van der Waals surface area contributed by atoms with Gasteiger partial charge in [-0.05, 0) is 6.92 Å². The molecule has 0 aliphatic heterocycles. The fourth-order valence-corrected chi connectivity index (χ4v) is 1.08. The van der Waals surface area contributed by atoms with E-state index >= 15 is 0 Å². The first-order valence-corrected chi connectivity index (χ1v) is 3.77. The molecule has 2 heterocycles. The first kappa shape index (κ1) is 8.49. The molecule has 14 heavy (non-hydrogen) atoms. The van der Waals surface area contributed by atoms with Crippen molar-refractivity contribution < 1.29 is 18.7 Å². The SMILES string of the molecule is Cc1ncoc1-c1ocnc1C(=O)O. The van der Waals surface area contributed by atoms with Crippen molar-refractivity contribution in [2.45, 2.75) is 6.92 Å². The van der Waals surface area contributed by atoms with Crippen LogP contribution in [-0.2, 0) is 0 Å². The van der Waals surface area contributed by atoms with Gasteiger partial charge >= 0.3 is 5.97 Å². The number of oxazole rings is 2. The van der Waals surface area contributed by atoms with E-state index in [1.165, 1.54) is 6.39 Å². The summed E-state index contributed by atoms with van der Waals surface area (Å²) in [6.07, 6.45) is 2.28. The number of nitrogens with zero attached hydrogens (tertiary/aromatic N) is 2. The second-order valence-electron chi connectivity index (χ2n) is 2.60. The number of carbonyl (C=O) groups is 1. The molecule has 0 fully saturated rings. The molecule has 0 spiro atoms. The number of hydrogen-bond acceptors (Lipinski definition) is 5. The Hall–Kier alpha value is -2.11. The van der Waals surface area contributed by atoms with E-state index < -0.39 is 5.97 Å². The Morgan fingerprint density at radius 3 is 2.50 bits per heavy atom. The van der Waals surface area contributed by atoms with Crippen molar-refractivity contribution in [3.05, 3.63) is 24.2 Å². The third-order valence-electron chi connectivity index (χ3n) is 1.72. The Kier molecular flexibility index (Phi) is 1.81. The second-order valence-corrected chi connectivity index (χ2v) is 2.60. The molecule has 0 saturated carbocycles. The Balaban J connectivity index is 2.57. The van der Waals surface area contributed by atoms with Gasteiger partial charge in [-0.2, -0.15) is 0 Å². The highest BCUT2D eigenvalue weighted by atomic mass is 16.4. The zero-order valence-electron chi connectivity index (χ0n) is 7.22. The zero-order valence-corrected chi connectivity index (χ0v) is 7.22. The molecule has 6 nitrogen and oxygen atoms in total. The van der Waals surface area contributed by atoms with Crippen LogP contribution in [0.5, 0.6) is 0 Å². The number of hydrogen-bond donors (Lipinski definition) is 1. The summed E-state index contributed by atoms with van der Waals surface area (Å²) in [6.45, 7) is 1.69. The maximum atomic E-state index is 10.7. The topological polar surface area (TPSA) is 89.4 Å². The molecule has 2 aromatic heterocycles. The molecule has 2 aromatic rings. The van der Waals surface area contributed by atoms with Crippen LogP contribution in [0.1, 0.15) is 16.2 Å². The highest BCUT2D eigenvalue weighted by Crippen LogP contribution is 2.25. The van der Waals surface area contributed by atoms with Crippen molar-refractivity contribution in [2.75, 3.05) is 0 Å². The first-order valence-electron chi connectivity index (χ1n) is 3.77. The molecule has 2 rings (SSSR count). The van der Waals surface area contributed by atoms with Gasteiger partial charge in [-0.25, -0.2) is 14.8 Å². The van der Waals surface area contributed by atoms with Crippen molar-refractivity contribution in [3.8, 4) is 11.5 Å². The van der Waals surface area contributed by atoms with E-state index in [1.54, 1.807) is 6.92 Å². The Morgan fingerprint density at radius 2 is 1.93 bits per heavy atom. The fraction of sp³-hybridized carbons (Fsp3) is 0.125. The van der Waals surface area contributed by atoms with Gasteiger partial charge in [-0.1, -0.05) is 0 Å². The average molecular weight is 194 g/mol. The molecule has 0 amide bonds. The summed E-state index contributed by atoms with van der Waals surface area (Å²) in [6, 6.07) is 0. The van der Waals surface area contributed by atoms with Crippen molar-refractivity contribution in [3.63, 3.8) is 0 Å². The van der Waals surface area contributed by atoms with Gasteiger partial charge in [0.1, 0.15) is 0 Å². The van der Waals surface area contributed by atoms with Gasteiger partial charge in [0.25, 0.3) is 0 Å². The van der Waals surface area contributed by atoms with E-state index in [-0.39, 0.29) is 11.5 Å². The van der Waals surface area contributed by atoms with Crippen molar-refractivity contribution in [1.82, 2.24) is 9.97 Å². The van der Waals surface area contributed by atoms with Gasteiger partial charge in [-0.15, -0.1) is 0 Å². The lowest BCUT2D eigenvalue weighted by Gasteiger charge is -1.92. The molecule has 0 aliphatic rings. The summed E-state index contributed by atoms with van der Waals surface area (Å²) in [5.74, 6) is -0.781. The van der Waals surface area contributed by atoms with E-state index in [4.69, 9.17) is 13.9 Å². The molecule has 72 valence electrons. The second kappa shape index (κ2) is 2.99. The number of carboxylic acid groups (broad SMARTS) is 1.